The van der Waals surface area contributed by atoms with Gasteiger partial charge in [0.05, 0.1) is 11.0 Å². The summed E-state index contributed by atoms with van der Waals surface area (Å²) >= 11 is 0. The second kappa shape index (κ2) is 6.21. The molecule has 0 unspecified atom stereocenters. The van der Waals surface area contributed by atoms with Crippen molar-refractivity contribution in [1.82, 2.24) is 14.9 Å². The smallest absolute Gasteiger partial charge is 0.352 e. The number of fused-ring (bicyclic) bond motifs is 1. The predicted molar refractivity (Wildman–Crippen MR) is 78.6 cm³/mol. The number of benzene rings is 1. The highest BCUT2D eigenvalue weighted by Crippen LogP contribution is 2.16. The average molecular weight is 287 g/mol. The van der Waals surface area contributed by atoms with Crippen LogP contribution in [-0.4, -0.2) is 26.5 Å². The molecule has 6 nitrogen and oxygen atoms in total. The van der Waals surface area contributed by atoms with Crippen LogP contribution in [0, 0.1) is 0 Å². The number of hydrogen-bond donors (Lipinski definition) is 2. The summed E-state index contributed by atoms with van der Waals surface area (Å²) in [5.41, 5.74) is 1.76. The SMILES string of the molecule is CCn1c(C/C=C(/NC(C)=O)C(=O)O)nc2ccccc21. The lowest BCUT2D eigenvalue weighted by Gasteiger charge is -2.05. The lowest BCUT2D eigenvalue weighted by Crippen LogP contribution is -2.25. The van der Waals surface area contributed by atoms with Crippen molar-refractivity contribution in [1.29, 1.82) is 0 Å². The third kappa shape index (κ3) is 3.28. The summed E-state index contributed by atoms with van der Waals surface area (Å²) in [6, 6.07) is 7.75. The van der Waals surface area contributed by atoms with Gasteiger partial charge in [0.1, 0.15) is 11.5 Å². The Labute approximate surface area is 122 Å². The molecule has 0 saturated carbocycles. The molecule has 0 atom stereocenters. The average Bonchev–Trinajstić information content (AvgIpc) is 2.80. The number of nitrogens with zero attached hydrogens (tertiary/aromatic N) is 2. The molecule has 1 aromatic carbocycles. The molecule has 0 spiro atoms. The number of carbonyl (C=O) groups excluding carboxylic acids is 1. The van der Waals surface area contributed by atoms with Gasteiger partial charge in [0.2, 0.25) is 5.91 Å². The quantitative estimate of drug-likeness (QED) is 0.820. The fourth-order valence-electron chi connectivity index (χ4n) is 2.21. The van der Waals surface area contributed by atoms with Gasteiger partial charge in [0.15, 0.2) is 0 Å². The minimum absolute atomic E-state index is 0.128. The fraction of sp³-hybridized carbons (Fsp3) is 0.267. The van der Waals surface area contributed by atoms with E-state index in [9.17, 15) is 9.59 Å². The van der Waals surface area contributed by atoms with E-state index in [1.807, 2.05) is 35.8 Å². The fourth-order valence-corrected chi connectivity index (χ4v) is 2.21. The molecule has 0 bridgehead atoms. The van der Waals surface area contributed by atoms with Crippen molar-refractivity contribution >= 4 is 22.9 Å². The van der Waals surface area contributed by atoms with Gasteiger partial charge in [-0.15, -0.1) is 0 Å². The monoisotopic (exact) mass is 287 g/mol. The van der Waals surface area contributed by atoms with E-state index in [2.05, 4.69) is 10.3 Å². The number of imidazole rings is 1. The summed E-state index contributed by atoms with van der Waals surface area (Å²) in [5, 5.41) is 11.4. The highest BCUT2D eigenvalue weighted by Gasteiger charge is 2.11. The molecule has 1 aromatic heterocycles. The van der Waals surface area contributed by atoms with E-state index in [4.69, 9.17) is 5.11 Å². The Kier molecular flexibility index (Phi) is 4.37. The first-order chi connectivity index (χ1) is 10.0. The maximum absolute atomic E-state index is 11.1. The molecular formula is C15H17N3O3. The summed E-state index contributed by atoms with van der Waals surface area (Å²) in [4.78, 5) is 26.6. The number of nitrogens with one attached hydrogen (secondary N) is 1. The maximum Gasteiger partial charge on any atom is 0.352 e. The minimum atomic E-state index is -1.16. The number of para-hydroxylation sites is 2. The predicted octanol–water partition coefficient (Wildman–Crippen LogP) is 1.70. The Morgan fingerprint density at radius 2 is 2.10 bits per heavy atom. The van der Waals surface area contributed by atoms with Crippen LogP contribution in [0.3, 0.4) is 0 Å². The molecule has 2 aromatic rings. The zero-order valence-corrected chi connectivity index (χ0v) is 12.0. The molecule has 1 amide bonds. The molecule has 2 N–H and O–H groups in total. The van der Waals surface area contributed by atoms with Crippen LogP contribution < -0.4 is 5.32 Å². The molecule has 0 fully saturated rings. The normalized spacial score (nSPS) is 11.6. The molecule has 0 aliphatic rings. The molecule has 6 heteroatoms. The number of aryl methyl sites for hydroxylation is 1. The van der Waals surface area contributed by atoms with Crippen LogP contribution in [0.15, 0.2) is 36.0 Å². The highest BCUT2D eigenvalue weighted by atomic mass is 16.4. The van der Waals surface area contributed by atoms with Crippen LogP contribution >= 0.6 is 0 Å². The Morgan fingerprint density at radius 3 is 2.71 bits per heavy atom. The van der Waals surface area contributed by atoms with Gasteiger partial charge < -0.3 is 15.0 Å². The van der Waals surface area contributed by atoms with Crippen LogP contribution in [0.25, 0.3) is 11.0 Å². The van der Waals surface area contributed by atoms with Gasteiger partial charge in [-0.2, -0.15) is 0 Å². The topological polar surface area (TPSA) is 84.2 Å². The number of allylic oxidation sites excluding steroid dienone is 1. The first-order valence-electron chi connectivity index (χ1n) is 6.68. The minimum Gasteiger partial charge on any atom is -0.477 e. The molecule has 1 heterocycles. The number of carboxylic acids is 1. The third-order valence-electron chi connectivity index (χ3n) is 3.08. The van der Waals surface area contributed by atoms with Crippen LogP contribution in [0.4, 0.5) is 0 Å². The Balaban J connectivity index is 2.34. The summed E-state index contributed by atoms with van der Waals surface area (Å²) in [5.74, 6) is -0.806. The van der Waals surface area contributed by atoms with E-state index in [0.29, 0.717) is 6.42 Å². The number of carboxylic acid groups (broad SMARTS) is 1. The Bertz CT molecular complexity index is 716. The molecule has 2 rings (SSSR count). The second-order valence-electron chi connectivity index (χ2n) is 4.57. The third-order valence-corrected chi connectivity index (χ3v) is 3.08. The molecule has 0 saturated heterocycles. The summed E-state index contributed by atoms with van der Waals surface area (Å²) in [6.45, 7) is 4.03. The standard InChI is InChI=1S/C15H17N3O3/c1-3-18-13-7-5-4-6-11(13)17-14(18)9-8-12(15(20)21)16-10(2)19/h4-8H,3,9H2,1-2H3,(H,16,19)(H,20,21)/b12-8+. The van der Waals surface area contributed by atoms with E-state index in [1.54, 1.807) is 0 Å². The largest absolute Gasteiger partial charge is 0.477 e. The van der Waals surface area contributed by atoms with Crippen molar-refractivity contribution in [3.63, 3.8) is 0 Å². The Morgan fingerprint density at radius 1 is 1.38 bits per heavy atom. The second-order valence-corrected chi connectivity index (χ2v) is 4.57. The first-order valence-corrected chi connectivity index (χ1v) is 6.68. The molecule has 0 radical (unpaired) electrons. The van der Waals surface area contributed by atoms with Crippen molar-refractivity contribution in [2.45, 2.75) is 26.8 Å². The van der Waals surface area contributed by atoms with Crippen LogP contribution in [0.5, 0.6) is 0 Å². The van der Waals surface area contributed by atoms with Crippen molar-refractivity contribution in [2.75, 3.05) is 0 Å². The van der Waals surface area contributed by atoms with E-state index < -0.39 is 11.9 Å². The molecule has 110 valence electrons. The lowest BCUT2D eigenvalue weighted by atomic mass is 10.3. The number of hydrogen-bond acceptors (Lipinski definition) is 3. The molecule has 0 aliphatic carbocycles. The van der Waals surface area contributed by atoms with Gasteiger partial charge in [-0.1, -0.05) is 12.1 Å². The van der Waals surface area contributed by atoms with Gasteiger partial charge in [-0.3, -0.25) is 4.79 Å². The number of rotatable bonds is 5. The van der Waals surface area contributed by atoms with Crippen molar-refractivity contribution in [2.24, 2.45) is 0 Å². The molecular weight excluding hydrogens is 270 g/mol. The van der Waals surface area contributed by atoms with E-state index in [1.165, 1.54) is 13.0 Å². The highest BCUT2D eigenvalue weighted by molar-refractivity contribution is 5.91. The number of aliphatic carboxylic acids is 1. The van der Waals surface area contributed by atoms with Gasteiger partial charge in [-0.25, -0.2) is 9.78 Å². The molecule has 0 aliphatic heterocycles. The van der Waals surface area contributed by atoms with Gasteiger partial charge in [0, 0.05) is 19.9 Å². The van der Waals surface area contributed by atoms with E-state index in [0.717, 1.165) is 23.4 Å². The number of aromatic nitrogens is 2. The van der Waals surface area contributed by atoms with Crippen LogP contribution in [0.2, 0.25) is 0 Å². The maximum atomic E-state index is 11.1. The lowest BCUT2D eigenvalue weighted by molar-refractivity contribution is -0.134. The number of carbonyl (C=O) groups is 2. The zero-order chi connectivity index (χ0) is 15.4. The van der Waals surface area contributed by atoms with Crippen molar-refractivity contribution in [3.05, 3.63) is 41.9 Å². The van der Waals surface area contributed by atoms with Crippen LogP contribution in [-0.2, 0) is 22.6 Å². The summed E-state index contributed by atoms with van der Waals surface area (Å²) < 4.78 is 2.03. The van der Waals surface area contributed by atoms with Gasteiger partial charge >= 0.3 is 5.97 Å². The Hall–Kier alpha value is -2.63. The zero-order valence-electron chi connectivity index (χ0n) is 12.0. The van der Waals surface area contributed by atoms with Crippen LogP contribution in [0.1, 0.15) is 19.7 Å². The summed E-state index contributed by atoms with van der Waals surface area (Å²) in [6.07, 6.45) is 1.81. The van der Waals surface area contributed by atoms with E-state index in [-0.39, 0.29) is 5.70 Å². The first kappa shape index (κ1) is 14.8. The van der Waals surface area contributed by atoms with Gasteiger partial charge in [0.25, 0.3) is 0 Å². The van der Waals surface area contributed by atoms with Crippen molar-refractivity contribution < 1.29 is 14.7 Å². The molecule has 21 heavy (non-hydrogen) atoms. The van der Waals surface area contributed by atoms with E-state index >= 15 is 0 Å². The van der Waals surface area contributed by atoms with Gasteiger partial charge in [-0.05, 0) is 25.1 Å². The van der Waals surface area contributed by atoms with Crippen molar-refractivity contribution in [3.8, 4) is 0 Å². The summed E-state index contributed by atoms with van der Waals surface area (Å²) in [7, 11) is 0. The number of amides is 1.